The highest BCUT2D eigenvalue weighted by Gasteiger charge is 1.93. The molecule has 0 bridgehead atoms. The quantitative estimate of drug-likeness (QED) is 0.558. The first-order valence-corrected chi connectivity index (χ1v) is 4.16. The molecule has 0 aliphatic rings. The summed E-state index contributed by atoms with van der Waals surface area (Å²) in [5.41, 5.74) is -2.44. The monoisotopic (exact) mass is 244 g/mol. The van der Waals surface area contributed by atoms with Gasteiger partial charge in [-0.3, -0.25) is 14.6 Å². The molecule has 0 fully saturated rings. The van der Waals surface area contributed by atoms with Crippen molar-refractivity contribution in [2.45, 2.75) is 0 Å². The molecule has 0 aromatic carbocycles. The van der Waals surface area contributed by atoms with Gasteiger partial charge in [0.25, 0.3) is 11.1 Å². The third-order valence-electron chi connectivity index (χ3n) is 1.45. The lowest BCUT2D eigenvalue weighted by molar-refractivity contribution is 0.597. The number of halogens is 2. The normalized spacial score (nSPS) is 9.29. The SMILES string of the molecule is O=c1[nH]cc(F)c(=O)[nH]1.O=c1[nH]cncc1F. The van der Waals surface area contributed by atoms with E-state index in [9.17, 15) is 23.2 Å². The number of hydrogen-bond acceptors (Lipinski definition) is 4. The van der Waals surface area contributed by atoms with Crippen LogP contribution in [0.4, 0.5) is 8.78 Å². The van der Waals surface area contributed by atoms with Gasteiger partial charge in [-0.1, -0.05) is 0 Å². The standard InChI is InChI=1S/C4H3FN2O2.C4H3FN2O/c5-2-1-6-4(9)7-3(2)8;5-3-1-6-2-7-4(3)8/h1H,(H2,6,7,8,9);1-2H,(H,6,7,8). The number of H-pyrrole nitrogens is 3. The summed E-state index contributed by atoms with van der Waals surface area (Å²) in [7, 11) is 0. The summed E-state index contributed by atoms with van der Waals surface area (Å²) in [6, 6.07) is 0. The van der Waals surface area contributed by atoms with E-state index in [0.717, 1.165) is 12.5 Å². The molecule has 0 spiro atoms. The topological polar surface area (TPSA) is 111 Å². The minimum atomic E-state index is -1.00. The summed E-state index contributed by atoms with van der Waals surface area (Å²) in [5, 5.41) is 0. The minimum Gasteiger partial charge on any atom is -0.311 e. The van der Waals surface area contributed by atoms with Crippen molar-refractivity contribution in [1.82, 2.24) is 19.9 Å². The lowest BCUT2D eigenvalue weighted by atomic mass is 10.6. The predicted octanol–water partition coefficient (Wildman–Crippen LogP) is -0.889. The van der Waals surface area contributed by atoms with E-state index in [4.69, 9.17) is 0 Å². The zero-order chi connectivity index (χ0) is 12.8. The van der Waals surface area contributed by atoms with Crippen LogP contribution in [0.1, 0.15) is 0 Å². The van der Waals surface area contributed by atoms with Crippen LogP contribution >= 0.6 is 0 Å². The van der Waals surface area contributed by atoms with Gasteiger partial charge in [-0.25, -0.2) is 9.78 Å². The van der Waals surface area contributed by atoms with Crippen LogP contribution in [0.25, 0.3) is 0 Å². The Labute approximate surface area is 91.2 Å². The molecule has 2 heterocycles. The van der Waals surface area contributed by atoms with Crippen LogP contribution < -0.4 is 16.8 Å². The smallest absolute Gasteiger partial charge is 0.311 e. The summed E-state index contributed by atoms with van der Waals surface area (Å²) in [5.74, 6) is -1.85. The molecule has 0 amide bonds. The molecule has 2 aromatic heterocycles. The maximum absolute atomic E-state index is 12.0. The molecule has 3 N–H and O–H groups in total. The summed E-state index contributed by atoms with van der Waals surface area (Å²) in [6.45, 7) is 0. The third-order valence-corrected chi connectivity index (χ3v) is 1.45. The third kappa shape index (κ3) is 3.81. The molecular formula is C8H6F2N4O3. The van der Waals surface area contributed by atoms with E-state index in [1.165, 1.54) is 0 Å². The first-order chi connectivity index (χ1) is 8.00. The van der Waals surface area contributed by atoms with Gasteiger partial charge in [0, 0.05) is 6.20 Å². The zero-order valence-corrected chi connectivity index (χ0v) is 8.16. The molecule has 0 radical (unpaired) electrons. The number of hydrogen-bond donors (Lipinski definition) is 3. The average molecular weight is 244 g/mol. The van der Waals surface area contributed by atoms with Crippen molar-refractivity contribution in [2.24, 2.45) is 0 Å². The molecule has 7 nitrogen and oxygen atoms in total. The van der Waals surface area contributed by atoms with Crippen molar-refractivity contribution in [1.29, 1.82) is 0 Å². The fraction of sp³-hybridized carbons (Fsp3) is 0. The summed E-state index contributed by atoms with van der Waals surface area (Å²) >= 11 is 0. The van der Waals surface area contributed by atoms with E-state index in [2.05, 4.69) is 9.97 Å². The Morgan fingerprint density at radius 3 is 2.12 bits per heavy atom. The largest absolute Gasteiger partial charge is 0.325 e. The molecule has 0 atom stereocenters. The lowest BCUT2D eigenvalue weighted by Gasteiger charge is -1.81. The Hall–Kier alpha value is -2.58. The maximum atomic E-state index is 12.0. The second-order valence-electron chi connectivity index (χ2n) is 2.65. The lowest BCUT2D eigenvalue weighted by Crippen LogP contribution is -2.23. The fourth-order valence-corrected chi connectivity index (χ4v) is 0.720. The van der Waals surface area contributed by atoms with Crippen LogP contribution in [-0.4, -0.2) is 19.9 Å². The molecule has 90 valence electrons. The molecule has 0 aliphatic carbocycles. The Kier molecular flexibility index (Phi) is 4.03. The molecule has 2 rings (SSSR count). The second kappa shape index (κ2) is 5.49. The van der Waals surface area contributed by atoms with Crippen LogP contribution in [0.3, 0.4) is 0 Å². The van der Waals surface area contributed by atoms with Crippen molar-refractivity contribution in [3.05, 3.63) is 61.5 Å². The Morgan fingerprint density at radius 1 is 1.00 bits per heavy atom. The second-order valence-corrected chi connectivity index (χ2v) is 2.65. The predicted molar refractivity (Wildman–Crippen MR) is 52.5 cm³/mol. The van der Waals surface area contributed by atoms with Gasteiger partial charge in [-0.15, -0.1) is 0 Å². The van der Waals surface area contributed by atoms with Gasteiger partial charge in [-0.05, 0) is 0 Å². The highest BCUT2D eigenvalue weighted by molar-refractivity contribution is 4.83. The zero-order valence-electron chi connectivity index (χ0n) is 8.16. The molecular weight excluding hydrogens is 238 g/mol. The maximum Gasteiger partial charge on any atom is 0.325 e. The highest BCUT2D eigenvalue weighted by atomic mass is 19.1. The van der Waals surface area contributed by atoms with Gasteiger partial charge in [-0.2, -0.15) is 8.78 Å². The molecule has 0 saturated heterocycles. The van der Waals surface area contributed by atoms with E-state index >= 15 is 0 Å². The van der Waals surface area contributed by atoms with E-state index in [1.54, 1.807) is 4.98 Å². The van der Waals surface area contributed by atoms with Gasteiger partial charge < -0.3 is 9.97 Å². The number of aromatic amines is 3. The number of nitrogens with one attached hydrogen (secondary N) is 3. The van der Waals surface area contributed by atoms with Crippen LogP contribution in [0, 0.1) is 11.6 Å². The minimum absolute atomic E-state index is 0.707. The fourth-order valence-electron chi connectivity index (χ4n) is 0.720. The Bertz CT molecular complexity index is 660. The summed E-state index contributed by atoms with van der Waals surface area (Å²) in [6.07, 6.45) is 2.70. The van der Waals surface area contributed by atoms with Gasteiger partial charge in [0.15, 0.2) is 0 Å². The van der Waals surface area contributed by atoms with Crippen molar-refractivity contribution >= 4 is 0 Å². The van der Waals surface area contributed by atoms with Crippen LogP contribution in [0.5, 0.6) is 0 Å². The van der Waals surface area contributed by atoms with Crippen molar-refractivity contribution in [3.63, 3.8) is 0 Å². The van der Waals surface area contributed by atoms with Crippen molar-refractivity contribution in [2.75, 3.05) is 0 Å². The molecule has 0 unspecified atom stereocenters. The number of rotatable bonds is 0. The summed E-state index contributed by atoms with van der Waals surface area (Å²) in [4.78, 5) is 39.5. The van der Waals surface area contributed by atoms with Gasteiger partial charge in [0.1, 0.15) is 0 Å². The number of nitrogens with zero attached hydrogens (tertiary/aromatic N) is 1. The van der Waals surface area contributed by atoms with E-state index in [-0.39, 0.29) is 0 Å². The van der Waals surface area contributed by atoms with E-state index < -0.39 is 28.4 Å². The average Bonchev–Trinajstić information content (AvgIpc) is 2.29. The van der Waals surface area contributed by atoms with Gasteiger partial charge in [0.05, 0.1) is 12.5 Å². The Morgan fingerprint density at radius 2 is 1.71 bits per heavy atom. The molecule has 2 aromatic rings. The first-order valence-electron chi connectivity index (χ1n) is 4.16. The van der Waals surface area contributed by atoms with Crippen molar-refractivity contribution < 1.29 is 8.78 Å². The van der Waals surface area contributed by atoms with E-state index in [1.807, 2.05) is 4.98 Å². The van der Waals surface area contributed by atoms with Crippen LogP contribution in [-0.2, 0) is 0 Å². The molecule has 0 aliphatic heterocycles. The Balaban J connectivity index is 0.000000171. The number of aromatic nitrogens is 4. The van der Waals surface area contributed by atoms with Gasteiger partial charge >= 0.3 is 5.69 Å². The first kappa shape index (κ1) is 12.5. The summed E-state index contributed by atoms with van der Waals surface area (Å²) < 4.78 is 23.9. The van der Waals surface area contributed by atoms with Crippen LogP contribution in [0.2, 0.25) is 0 Å². The van der Waals surface area contributed by atoms with Crippen LogP contribution in [0.15, 0.2) is 33.1 Å². The van der Waals surface area contributed by atoms with E-state index in [0.29, 0.717) is 6.20 Å². The highest BCUT2D eigenvalue weighted by Crippen LogP contribution is 1.76. The van der Waals surface area contributed by atoms with Gasteiger partial charge in [0.2, 0.25) is 11.6 Å². The molecule has 0 saturated carbocycles. The van der Waals surface area contributed by atoms with Crippen molar-refractivity contribution in [3.8, 4) is 0 Å². The molecule has 17 heavy (non-hydrogen) atoms. The molecule has 9 heteroatoms.